The summed E-state index contributed by atoms with van der Waals surface area (Å²) >= 11 is 6.72. The van der Waals surface area contributed by atoms with Crippen molar-refractivity contribution in [3.63, 3.8) is 0 Å². The van der Waals surface area contributed by atoms with Gasteiger partial charge in [0.15, 0.2) is 22.4 Å². The van der Waals surface area contributed by atoms with Crippen LogP contribution in [0.5, 0.6) is 11.5 Å². The zero-order valence-electron chi connectivity index (χ0n) is 19.3. The number of carbonyl (C=O) groups excluding carboxylic acids is 2. The Bertz CT molecular complexity index is 1270. The first-order chi connectivity index (χ1) is 16.9. The summed E-state index contributed by atoms with van der Waals surface area (Å²) in [7, 11) is 0. The molecule has 1 saturated heterocycles. The third kappa shape index (κ3) is 6.09. The number of benzene rings is 3. The fourth-order valence-electron chi connectivity index (χ4n) is 3.40. The van der Waals surface area contributed by atoms with Crippen LogP contribution in [-0.4, -0.2) is 29.3 Å². The van der Waals surface area contributed by atoms with E-state index >= 15 is 0 Å². The first-order valence-corrected chi connectivity index (χ1v) is 12.3. The molecule has 0 atom stereocenters. The van der Waals surface area contributed by atoms with Crippen molar-refractivity contribution in [1.82, 2.24) is 0 Å². The Balaban J connectivity index is 1.48. The van der Waals surface area contributed by atoms with Gasteiger partial charge < -0.3 is 14.8 Å². The van der Waals surface area contributed by atoms with Gasteiger partial charge in [0.25, 0.3) is 11.8 Å². The van der Waals surface area contributed by atoms with Gasteiger partial charge in [-0.1, -0.05) is 65.9 Å². The van der Waals surface area contributed by atoms with E-state index in [0.29, 0.717) is 33.0 Å². The molecule has 0 bridgehead atoms. The van der Waals surface area contributed by atoms with Crippen LogP contribution in [0, 0.1) is 6.92 Å². The molecule has 0 aromatic heterocycles. The predicted molar refractivity (Wildman–Crippen MR) is 145 cm³/mol. The van der Waals surface area contributed by atoms with Gasteiger partial charge in [0, 0.05) is 5.69 Å². The Kier molecular flexibility index (Phi) is 7.84. The van der Waals surface area contributed by atoms with Crippen LogP contribution in [0.25, 0.3) is 6.08 Å². The second-order valence-corrected chi connectivity index (χ2v) is 9.37. The number of thiocarbonyl (C=S) groups is 1. The van der Waals surface area contributed by atoms with Crippen LogP contribution in [0.1, 0.15) is 18.1 Å². The summed E-state index contributed by atoms with van der Waals surface area (Å²) in [4.78, 5) is 27.4. The molecule has 1 fully saturated rings. The minimum atomic E-state index is -0.275. The van der Waals surface area contributed by atoms with Crippen LogP contribution in [0.2, 0.25) is 0 Å². The standard InChI is InChI=1S/C27H24N2O4S2/c1-3-32-23-15-19(11-14-22(23)33-17-25(30)28-20-7-5-4-6-8-20)16-24-26(31)29(27(34)35-24)21-12-9-18(2)10-13-21/h4-16H,3,17H2,1-2H3,(H,28,30)/b24-16-. The molecule has 3 aromatic carbocycles. The number of ether oxygens (including phenoxy) is 2. The van der Waals surface area contributed by atoms with Gasteiger partial charge in [-0.3, -0.25) is 14.5 Å². The van der Waals surface area contributed by atoms with Crippen molar-refractivity contribution in [1.29, 1.82) is 0 Å². The number of amides is 2. The fourth-order valence-corrected chi connectivity index (χ4v) is 4.70. The van der Waals surface area contributed by atoms with Crippen LogP contribution < -0.4 is 19.7 Å². The summed E-state index contributed by atoms with van der Waals surface area (Å²) in [6.07, 6.45) is 1.78. The van der Waals surface area contributed by atoms with E-state index in [9.17, 15) is 9.59 Å². The van der Waals surface area contributed by atoms with Gasteiger partial charge in [0.2, 0.25) is 0 Å². The molecule has 1 aliphatic rings. The maximum Gasteiger partial charge on any atom is 0.270 e. The van der Waals surface area contributed by atoms with E-state index in [0.717, 1.165) is 16.8 Å². The molecule has 8 heteroatoms. The van der Waals surface area contributed by atoms with Gasteiger partial charge in [-0.2, -0.15) is 0 Å². The van der Waals surface area contributed by atoms with Crippen molar-refractivity contribution in [2.24, 2.45) is 0 Å². The quantitative estimate of drug-likeness (QED) is 0.308. The lowest BCUT2D eigenvalue weighted by molar-refractivity contribution is -0.118. The normalized spacial score (nSPS) is 14.3. The second-order valence-electron chi connectivity index (χ2n) is 7.69. The Labute approximate surface area is 213 Å². The molecule has 0 aliphatic carbocycles. The van der Waals surface area contributed by atoms with Crippen molar-refractivity contribution in [3.05, 3.63) is 88.8 Å². The molecule has 1 heterocycles. The number of rotatable bonds is 8. The number of para-hydroxylation sites is 1. The molecular formula is C27H24N2O4S2. The van der Waals surface area contributed by atoms with E-state index in [1.807, 2.05) is 62.4 Å². The highest BCUT2D eigenvalue weighted by Crippen LogP contribution is 2.37. The number of carbonyl (C=O) groups is 2. The molecular weight excluding hydrogens is 480 g/mol. The molecule has 0 radical (unpaired) electrons. The zero-order chi connectivity index (χ0) is 24.8. The van der Waals surface area contributed by atoms with E-state index < -0.39 is 0 Å². The van der Waals surface area contributed by atoms with Crippen LogP contribution in [0.4, 0.5) is 11.4 Å². The van der Waals surface area contributed by atoms with Gasteiger partial charge in [0.1, 0.15) is 0 Å². The third-order valence-corrected chi connectivity index (χ3v) is 6.37. The third-order valence-electron chi connectivity index (χ3n) is 5.07. The van der Waals surface area contributed by atoms with E-state index in [2.05, 4.69) is 5.32 Å². The smallest absolute Gasteiger partial charge is 0.270 e. The molecule has 178 valence electrons. The van der Waals surface area contributed by atoms with Crippen LogP contribution in [0.15, 0.2) is 77.7 Å². The number of nitrogens with one attached hydrogen (secondary N) is 1. The van der Waals surface area contributed by atoms with E-state index in [-0.39, 0.29) is 18.4 Å². The number of thioether (sulfide) groups is 1. The van der Waals surface area contributed by atoms with Gasteiger partial charge in [0.05, 0.1) is 17.2 Å². The lowest BCUT2D eigenvalue weighted by Gasteiger charge is -2.14. The molecule has 1 N–H and O–H groups in total. The number of hydrogen-bond donors (Lipinski definition) is 1. The maximum atomic E-state index is 13.1. The Hall–Kier alpha value is -3.62. The number of aryl methyl sites for hydroxylation is 1. The average molecular weight is 505 g/mol. The molecule has 6 nitrogen and oxygen atoms in total. The molecule has 0 saturated carbocycles. The number of nitrogens with zero attached hydrogens (tertiary/aromatic N) is 1. The minimum Gasteiger partial charge on any atom is -0.490 e. The summed E-state index contributed by atoms with van der Waals surface area (Å²) in [5, 5.41) is 2.78. The minimum absolute atomic E-state index is 0.163. The summed E-state index contributed by atoms with van der Waals surface area (Å²) in [6, 6.07) is 22.2. The molecule has 4 rings (SSSR count). The van der Waals surface area contributed by atoms with Crippen LogP contribution in [-0.2, 0) is 9.59 Å². The zero-order valence-corrected chi connectivity index (χ0v) is 20.9. The van der Waals surface area contributed by atoms with Crippen LogP contribution >= 0.6 is 24.0 Å². The number of hydrogen-bond acceptors (Lipinski definition) is 6. The first kappa shape index (κ1) is 24.5. The molecule has 0 unspecified atom stereocenters. The van der Waals surface area contributed by atoms with Crippen LogP contribution in [0.3, 0.4) is 0 Å². The van der Waals surface area contributed by atoms with Crippen molar-refractivity contribution < 1.29 is 19.1 Å². The first-order valence-electron chi connectivity index (χ1n) is 11.0. The molecule has 1 aliphatic heterocycles. The molecule has 2 amide bonds. The average Bonchev–Trinajstić information content (AvgIpc) is 3.12. The Morgan fingerprint density at radius 3 is 2.49 bits per heavy atom. The van der Waals surface area contributed by atoms with E-state index in [4.69, 9.17) is 21.7 Å². The van der Waals surface area contributed by atoms with Gasteiger partial charge in [-0.05, 0) is 61.9 Å². The lowest BCUT2D eigenvalue weighted by atomic mass is 10.1. The predicted octanol–water partition coefficient (Wildman–Crippen LogP) is 5.82. The van der Waals surface area contributed by atoms with Gasteiger partial charge in [-0.25, -0.2) is 0 Å². The highest BCUT2D eigenvalue weighted by Gasteiger charge is 2.33. The van der Waals surface area contributed by atoms with E-state index in [1.165, 1.54) is 16.7 Å². The summed E-state index contributed by atoms with van der Waals surface area (Å²) < 4.78 is 11.9. The van der Waals surface area contributed by atoms with E-state index in [1.54, 1.807) is 30.3 Å². The lowest BCUT2D eigenvalue weighted by Crippen LogP contribution is -2.27. The highest BCUT2D eigenvalue weighted by atomic mass is 32.2. The topological polar surface area (TPSA) is 67.9 Å². The largest absolute Gasteiger partial charge is 0.490 e. The Morgan fingerprint density at radius 2 is 1.77 bits per heavy atom. The monoisotopic (exact) mass is 504 g/mol. The van der Waals surface area contributed by atoms with Gasteiger partial charge in [-0.15, -0.1) is 0 Å². The number of anilines is 2. The summed E-state index contributed by atoms with van der Waals surface area (Å²) in [5.74, 6) is 0.490. The van der Waals surface area contributed by atoms with Gasteiger partial charge >= 0.3 is 0 Å². The molecule has 0 spiro atoms. The van der Waals surface area contributed by atoms with Crippen molar-refractivity contribution >= 4 is 57.6 Å². The summed E-state index contributed by atoms with van der Waals surface area (Å²) in [6.45, 7) is 4.12. The highest BCUT2D eigenvalue weighted by molar-refractivity contribution is 8.27. The maximum absolute atomic E-state index is 13.1. The van der Waals surface area contributed by atoms with Crippen molar-refractivity contribution in [2.45, 2.75) is 13.8 Å². The second kappa shape index (κ2) is 11.2. The van der Waals surface area contributed by atoms with Crippen molar-refractivity contribution in [2.75, 3.05) is 23.4 Å². The fraction of sp³-hybridized carbons (Fsp3) is 0.148. The molecule has 3 aromatic rings. The Morgan fingerprint density at radius 1 is 1.03 bits per heavy atom. The molecule has 35 heavy (non-hydrogen) atoms. The summed E-state index contributed by atoms with van der Waals surface area (Å²) in [5.41, 5.74) is 3.32. The van der Waals surface area contributed by atoms with Crippen molar-refractivity contribution in [3.8, 4) is 11.5 Å². The SMILES string of the molecule is CCOc1cc(/C=C2\SC(=S)N(c3ccc(C)cc3)C2=O)ccc1OCC(=O)Nc1ccccc1.